The molecule has 21 heavy (non-hydrogen) atoms. The molecule has 7 heteroatoms. The number of carbonyl (C=O) groups excluding carboxylic acids is 1. The van der Waals surface area contributed by atoms with Gasteiger partial charge in [0.05, 0.1) is 18.3 Å². The Labute approximate surface area is 137 Å². The lowest BCUT2D eigenvalue weighted by Gasteiger charge is -2.34. The highest BCUT2D eigenvalue weighted by Gasteiger charge is 2.32. The smallest absolute Gasteiger partial charge is 0.228 e. The van der Waals surface area contributed by atoms with Crippen LogP contribution in [0, 0.1) is 0 Å². The highest BCUT2D eigenvalue weighted by atomic mass is 35.5. The lowest BCUT2D eigenvalue weighted by atomic mass is 10.2. The van der Waals surface area contributed by atoms with Gasteiger partial charge in [-0.15, -0.1) is 24.8 Å². The maximum atomic E-state index is 12.2. The van der Waals surface area contributed by atoms with Gasteiger partial charge in [-0.3, -0.25) is 14.7 Å². The van der Waals surface area contributed by atoms with Gasteiger partial charge < -0.3 is 10.6 Å². The first-order valence-electron chi connectivity index (χ1n) is 6.94. The van der Waals surface area contributed by atoms with E-state index in [1.54, 1.807) is 12.3 Å². The van der Waals surface area contributed by atoms with Gasteiger partial charge in [0.15, 0.2) is 0 Å². The van der Waals surface area contributed by atoms with Crippen LogP contribution in [0.3, 0.4) is 0 Å². The van der Waals surface area contributed by atoms with E-state index in [2.05, 4.69) is 9.88 Å². The van der Waals surface area contributed by atoms with Crippen LogP contribution in [0.2, 0.25) is 0 Å². The van der Waals surface area contributed by atoms with Crippen LogP contribution in [0.15, 0.2) is 18.3 Å². The predicted octanol–water partition coefficient (Wildman–Crippen LogP) is 1.36. The van der Waals surface area contributed by atoms with E-state index < -0.39 is 0 Å². The van der Waals surface area contributed by atoms with Crippen molar-refractivity contribution in [1.82, 2.24) is 14.8 Å². The number of rotatable bonds is 3. The van der Waals surface area contributed by atoms with E-state index in [1.807, 2.05) is 11.0 Å². The third kappa shape index (κ3) is 4.73. The topological polar surface area (TPSA) is 62.5 Å². The number of nitrogen functional groups attached to an aromatic ring is 1. The molecule has 1 aliphatic heterocycles. The van der Waals surface area contributed by atoms with E-state index in [9.17, 15) is 4.79 Å². The van der Waals surface area contributed by atoms with Gasteiger partial charge in [0, 0.05) is 37.9 Å². The van der Waals surface area contributed by atoms with E-state index in [0.29, 0.717) is 12.1 Å². The third-order valence-electron chi connectivity index (χ3n) is 3.91. The summed E-state index contributed by atoms with van der Waals surface area (Å²) in [5, 5.41) is 0. The van der Waals surface area contributed by atoms with Crippen LogP contribution in [-0.2, 0) is 11.2 Å². The molecule has 0 radical (unpaired) electrons. The quantitative estimate of drug-likeness (QED) is 0.907. The van der Waals surface area contributed by atoms with Crippen LogP contribution >= 0.6 is 24.8 Å². The SMILES string of the molecule is Cl.Cl.Nc1ccc(CC(=O)N2CCN(C3CC3)CC2)nc1. The fourth-order valence-corrected chi connectivity index (χ4v) is 2.58. The van der Waals surface area contributed by atoms with Crippen molar-refractivity contribution in [3.05, 3.63) is 24.0 Å². The molecular formula is C14H22Cl2N4O. The van der Waals surface area contributed by atoms with Crippen LogP contribution in [0.25, 0.3) is 0 Å². The molecule has 2 aliphatic rings. The second-order valence-electron chi connectivity index (χ2n) is 5.41. The molecule has 1 aliphatic carbocycles. The average molecular weight is 333 g/mol. The number of piperazine rings is 1. The number of carbonyl (C=O) groups is 1. The van der Waals surface area contributed by atoms with Crippen molar-refractivity contribution in [3.8, 4) is 0 Å². The molecule has 0 bridgehead atoms. The minimum absolute atomic E-state index is 0. The predicted molar refractivity (Wildman–Crippen MR) is 88.0 cm³/mol. The van der Waals surface area contributed by atoms with Gasteiger partial charge in [0.1, 0.15) is 0 Å². The number of amides is 1. The molecule has 0 atom stereocenters. The van der Waals surface area contributed by atoms with E-state index in [4.69, 9.17) is 5.73 Å². The van der Waals surface area contributed by atoms with Gasteiger partial charge in [0.25, 0.3) is 0 Å². The molecule has 2 fully saturated rings. The third-order valence-corrected chi connectivity index (χ3v) is 3.91. The van der Waals surface area contributed by atoms with Crippen LogP contribution < -0.4 is 5.73 Å². The van der Waals surface area contributed by atoms with E-state index in [1.165, 1.54) is 12.8 Å². The molecule has 5 nitrogen and oxygen atoms in total. The van der Waals surface area contributed by atoms with Crippen molar-refractivity contribution < 1.29 is 4.79 Å². The Morgan fingerprint density at radius 2 is 1.86 bits per heavy atom. The number of aromatic nitrogens is 1. The second kappa shape index (κ2) is 7.82. The van der Waals surface area contributed by atoms with Crippen molar-refractivity contribution in [2.24, 2.45) is 0 Å². The molecule has 1 aromatic heterocycles. The zero-order chi connectivity index (χ0) is 13.2. The first-order valence-corrected chi connectivity index (χ1v) is 6.94. The molecule has 2 heterocycles. The summed E-state index contributed by atoms with van der Waals surface area (Å²) in [5.41, 5.74) is 7.02. The molecule has 1 saturated carbocycles. The normalized spacial score (nSPS) is 18.6. The minimum Gasteiger partial charge on any atom is -0.397 e. The van der Waals surface area contributed by atoms with Crippen molar-refractivity contribution in [2.45, 2.75) is 25.3 Å². The number of hydrogen-bond donors (Lipinski definition) is 1. The zero-order valence-electron chi connectivity index (χ0n) is 11.9. The Hall–Kier alpha value is -1.04. The molecule has 0 spiro atoms. The minimum atomic E-state index is 0. The number of nitrogens with two attached hydrogens (primary N) is 1. The Morgan fingerprint density at radius 3 is 2.38 bits per heavy atom. The van der Waals surface area contributed by atoms with Crippen molar-refractivity contribution in [1.29, 1.82) is 0 Å². The number of anilines is 1. The second-order valence-corrected chi connectivity index (χ2v) is 5.41. The summed E-state index contributed by atoms with van der Waals surface area (Å²) in [7, 11) is 0. The fraction of sp³-hybridized carbons (Fsp3) is 0.571. The highest BCUT2D eigenvalue weighted by Crippen LogP contribution is 2.27. The largest absolute Gasteiger partial charge is 0.397 e. The molecule has 2 N–H and O–H groups in total. The summed E-state index contributed by atoms with van der Waals surface area (Å²) < 4.78 is 0. The average Bonchev–Trinajstić information content (AvgIpc) is 3.26. The number of halogens is 2. The summed E-state index contributed by atoms with van der Waals surface area (Å²) in [4.78, 5) is 20.8. The zero-order valence-corrected chi connectivity index (χ0v) is 13.5. The van der Waals surface area contributed by atoms with Crippen LogP contribution in [0.4, 0.5) is 5.69 Å². The summed E-state index contributed by atoms with van der Waals surface area (Å²) in [6.07, 6.45) is 4.66. The van der Waals surface area contributed by atoms with Gasteiger partial charge >= 0.3 is 0 Å². The van der Waals surface area contributed by atoms with E-state index >= 15 is 0 Å². The fourth-order valence-electron chi connectivity index (χ4n) is 2.58. The summed E-state index contributed by atoms with van der Waals surface area (Å²) >= 11 is 0. The van der Waals surface area contributed by atoms with Crippen molar-refractivity contribution >= 4 is 36.4 Å². The first kappa shape index (κ1) is 18.0. The van der Waals surface area contributed by atoms with E-state index in [-0.39, 0.29) is 30.7 Å². The molecular weight excluding hydrogens is 311 g/mol. The van der Waals surface area contributed by atoms with Crippen LogP contribution in [0.1, 0.15) is 18.5 Å². The van der Waals surface area contributed by atoms with Gasteiger partial charge in [0.2, 0.25) is 5.91 Å². The molecule has 1 amide bonds. The molecule has 1 aromatic rings. The van der Waals surface area contributed by atoms with E-state index in [0.717, 1.165) is 37.9 Å². The van der Waals surface area contributed by atoms with Gasteiger partial charge in [-0.1, -0.05) is 0 Å². The molecule has 118 valence electrons. The Kier molecular flexibility index (Phi) is 6.71. The molecule has 0 aromatic carbocycles. The molecule has 1 saturated heterocycles. The van der Waals surface area contributed by atoms with Crippen LogP contribution in [-0.4, -0.2) is 52.9 Å². The van der Waals surface area contributed by atoms with Gasteiger partial charge in [-0.25, -0.2) is 0 Å². The number of hydrogen-bond acceptors (Lipinski definition) is 4. The van der Waals surface area contributed by atoms with Crippen molar-refractivity contribution in [3.63, 3.8) is 0 Å². The highest BCUT2D eigenvalue weighted by molar-refractivity contribution is 5.85. The standard InChI is InChI=1S/C14H20N4O.2ClH/c15-11-1-2-12(16-10-11)9-14(19)18-7-5-17(6-8-18)13-3-4-13;;/h1-2,10,13H,3-9,15H2;2*1H. The molecule has 3 rings (SSSR count). The molecule has 0 unspecified atom stereocenters. The monoisotopic (exact) mass is 332 g/mol. The van der Waals surface area contributed by atoms with Crippen molar-refractivity contribution in [2.75, 3.05) is 31.9 Å². The Bertz CT molecular complexity index is 457. The summed E-state index contributed by atoms with van der Waals surface area (Å²) in [6.45, 7) is 3.74. The lowest BCUT2D eigenvalue weighted by molar-refractivity contribution is -0.132. The Balaban J connectivity index is 0.00000110. The Morgan fingerprint density at radius 1 is 1.19 bits per heavy atom. The number of nitrogens with zero attached hydrogens (tertiary/aromatic N) is 3. The number of pyridine rings is 1. The maximum absolute atomic E-state index is 12.2. The lowest BCUT2D eigenvalue weighted by Crippen LogP contribution is -2.49. The van der Waals surface area contributed by atoms with Gasteiger partial charge in [-0.05, 0) is 25.0 Å². The summed E-state index contributed by atoms with van der Waals surface area (Å²) in [6, 6.07) is 4.42. The summed E-state index contributed by atoms with van der Waals surface area (Å²) in [5.74, 6) is 0.174. The maximum Gasteiger partial charge on any atom is 0.228 e. The van der Waals surface area contributed by atoms with Crippen LogP contribution in [0.5, 0.6) is 0 Å². The van der Waals surface area contributed by atoms with Gasteiger partial charge in [-0.2, -0.15) is 0 Å². The first-order chi connectivity index (χ1) is 9.22.